The normalized spacial score (nSPS) is 15.0. The van der Waals surface area contributed by atoms with E-state index in [9.17, 15) is 18.0 Å². The van der Waals surface area contributed by atoms with Crippen molar-refractivity contribution in [3.63, 3.8) is 0 Å². The van der Waals surface area contributed by atoms with Crippen molar-refractivity contribution >= 4 is 33.7 Å². The van der Waals surface area contributed by atoms with E-state index in [1.165, 1.54) is 9.21 Å². The summed E-state index contributed by atoms with van der Waals surface area (Å²) in [6, 6.07) is 18.0. The molecule has 0 atom stereocenters. The van der Waals surface area contributed by atoms with Crippen molar-refractivity contribution in [3.8, 4) is 0 Å². The number of carbonyl (C=O) groups excluding carboxylic acids is 2. The van der Waals surface area contributed by atoms with E-state index in [0.29, 0.717) is 5.75 Å². The first-order valence-corrected chi connectivity index (χ1v) is 12.1. The number of piperazine rings is 1. The predicted octanol–water partition coefficient (Wildman–Crippen LogP) is 2.25. The van der Waals surface area contributed by atoms with E-state index in [1.54, 1.807) is 42.1 Å². The first kappa shape index (κ1) is 22.3. The van der Waals surface area contributed by atoms with Gasteiger partial charge < -0.3 is 9.64 Å². The molecule has 1 aliphatic heterocycles. The highest BCUT2D eigenvalue weighted by molar-refractivity contribution is 7.99. The Labute approximate surface area is 181 Å². The van der Waals surface area contributed by atoms with Gasteiger partial charge in [0.05, 0.1) is 11.3 Å². The molecule has 2 aromatic carbocycles. The molecule has 1 saturated heterocycles. The van der Waals surface area contributed by atoms with Crippen LogP contribution in [0.3, 0.4) is 0 Å². The standard InChI is InChI=1S/C21H24N2O5S2/c24-20(17-28-21(25)11-16-29-18-7-3-1-4-8-18)22-12-14-23(15-13-22)30(26,27)19-9-5-2-6-10-19/h1-10H,11-17H2. The Bertz CT molecular complexity index is 944. The topological polar surface area (TPSA) is 84.0 Å². The number of nitrogens with zero attached hydrogens (tertiary/aromatic N) is 2. The zero-order valence-electron chi connectivity index (χ0n) is 16.5. The molecule has 1 heterocycles. The average Bonchev–Trinajstić information content (AvgIpc) is 2.79. The van der Waals surface area contributed by atoms with Gasteiger partial charge in [0, 0.05) is 36.8 Å². The SMILES string of the molecule is O=C(CCSc1ccccc1)OCC(=O)N1CCN(S(=O)(=O)c2ccccc2)CC1. The van der Waals surface area contributed by atoms with Gasteiger partial charge in [0.2, 0.25) is 10.0 Å². The number of sulfonamides is 1. The first-order chi connectivity index (χ1) is 14.5. The van der Waals surface area contributed by atoms with Gasteiger partial charge in [0.15, 0.2) is 6.61 Å². The van der Waals surface area contributed by atoms with Crippen molar-refractivity contribution in [2.75, 3.05) is 38.5 Å². The summed E-state index contributed by atoms with van der Waals surface area (Å²) in [6.07, 6.45) is 0.218. The molecule has 7 nitrogen and oxygen atoms in total. The van der Waals surface area contributed by atoms with Crippen LogP contribution >= 0.6 is 11.8 Å². The summed E-state index contributed by atoms with van der Waals surface area (Å²) in [5, 5.41) is 0. The second-order valence-corrected chi connectivity index (χ2v) is 9.78. The molecule has 2 aromatic rings. The summed E-state index contributed by atoms with van der Waals surface area (Å²) >= 11 is 1.55. The summed E-state index contributed by atoms with van der Waals surface area (Å²) in [5.41, 5.74) is 0. The molecule has 9 heteroatoms. The summed E-state index contributed by atoms with van der Waals surface area (Å²) in [4.78, 5) is 27.0. The van der Waals surface area contributed by atoms with Gasteiger partial charge in [0.1, 0.15) is 0 Å². The minimum absolute atomic E-state index is 0.213. The van der Waals surface area contributed by atoms with Crippen LogP contribution in [0.2, 0.25) is 0 Å². The number of rotatable bonds is 8. The molecule has 0 spiro atoms. The van der Waals surface area contributed by atoms with Crippen LogP contribution in [0, 0.1) is 0 Å². The van der Waals surface area contributed by atoms with Crippen molar-refractivity contribution in [1.29, 1.82) is 0 Å². The monoisotopic (exact) mass is 448 g/mol. The number of hydrogen-bond donors (Lipinski definition) is 0. The molecular weight excluding hydrogens is 424 g/mol. The third-order valence-corrected chi connectivity index (χ3v) is 7.57. The number of carbonyl (C=O) groups is 2. The molecule has 1 aliphatic rings. The lowest BCUT2D eigenvalue weighted by molar-refractivity contribution is -0.152. The molecule has 0 unspecified atom stereocenters. The number of amides is 1. The van der Waals surface area contributed by atoms with Crippen LogP contribution in [-0.2, 0) is 24.3 Å². The lowest BCUT2D eigenvalue weighted by Gasteiger charge is -2.33. The quantitative estimate of drug-likeness (QED) is 0.455. The summed E-state index contributed by atoms with van der Waals surface area (Å²) < 4.78 is 31.7. The average molecular weight is 449 g/mol. The molecule has 1 amide bonds. The first-order valence-electron chi connectivity index (χ1n) is 9.63. The maximum atomic E-state index is 12.6. The van der Waals surface area contributed by atoms with Gasteiger partial charge >= 0.3 is 5.97 Å². The lowest BCUT2D eigenvalue weighted by atomic mass is 10.3. The molecule has 0 aliphatic carbocycles. The van der Waals surface area contributed by atoms with Gasteiger partial charge in [-0.1, -0.05) is 36.4 Å². The van der Waals surface area contributed by atoms with E-state index in [2.05, 4.69) is 0 Å². The number of benzene rings is 2. The summed E-state index contributed by atoms with van der Waals surface area (Å²) in [7, 11) is -3.56. The van der Waals surface area contributed by atoms with E-state index < -0.39 is 16.0 Å². The van der Waals surface area contributed by atoms with E-state index >= 15 is 0 Å². The number of hydrogen-bond acceptors (Lipinski definition) is 6. The fourth-order valence-corrected chi connectivity index (χ4v) is 5.29. The number of thioether (sulfide) groups is 1. The highest BCUT2D eigenvalue weighted by Crippen LogP contribution is 2.18. The molecule has 30 heavy (non-hydrogen) atoms. The molecule has 3 rings (SSSR count). The van der Waals surface area contributed by atoms with Crippen molar-refractivity contribution in [1.82, 2.24) is 9.21 Å². The van der Waals surface area contributed by atoms with Crippen molar-refractivity contribution in [3.05, 3.63) is 60.7 Å². The lowest BCUT2D eigenvalue weighted by Crippen LogP contribution is -2.51. The zero-order valence-corrected chi connectivity index (χ0v) is 18.1. The molecule has 0 N–H and O–H groups in total. The molecule has 0 saturated carbocycles. The maximum absolute atomic E-state index is 12.6. The van der Waals surface area contributed by atoms with Gasteiger partial charge in [-0.25, -0.2) is 8.42 Å². The van der Waals surface area contributed by atoms with Gasteiger partial charge in [-0.15, -0.1) is 11.8 Å². The third-order valence-electron chi connectivity index (χ3n) is 4.65. The van der Waals surface area contributed by atoms with Crippen LogP contribution in [0.5, 0.6) is 0 Å². The Kier molecular flexibility index (Phi) is 7.89. The fourth-order valence-electron chi connectivity index (χ4n) is 2.99. The Morgan fingerprint density at radius 2 is 1.50 bits per heavy atom. The van der Waals surface area contributed by atoms with Crippen LogP contribution in [0.15, 0.2) is 70.5 Å². The maximum Gasteiger partial charge on any atom is 0.307 e. The van der Waals surface area contributed by atoms with Crippen LogP contribution < -0.4 is 0 Å². The molecular formula is C21H24N2O5S2. The largest absolute Gasteiger partial charge is 0.456 e. The second-order valence-electron chi connectivity index (χ2n) is 6.67. The number of esters is 1. The Hall–Kier alpha value is -2.36. The molecule has 160 valence electrons. The van der Waals surface area contributed by atoms with E-state index in [4.69, 9.17) is 4.74 Å². The van der Waals surface area contributed by atoms with E-state index in [0.717, 1.165) is 4.90 Å². The molecule has 0 bridgehead atoms. The van der Waals surface area contributed by atoms with Gasteiger partial charge in [-0.2, -0.15) is 4.31 Å². The van der Waals surface area contributed by atoms with Crippen LogP contribution in [0.4, 0.5) is 0 Å². The van der Waals surface area contributed by atoms with Gasteiger partial charge in [-0.05, 0) is 24.3 Å². The predicted molar refractivity (Wildman–Crippen MR) is 115 cm³/mol. The number of ether oxygens (including phenoxy) is 1. The van der Waals surface area contributed by atoms with E-state index in [1.807, 2.05) is 30.3 Å². The molecule has 0 radical (unpaired) electrons. The van der Waals surface area contributed by atoms with E-state index in [-0.39, 0.29) is 50.0 Å². The Morgan fingerprint density at radius 3 is 2.13 bits per heavy atom. The third kappa shape index (κ3) is 6.07. The highest BCUT2D eigenvalue weighted by Gasteiger charge is 2.30. The van der Waals surface area contributed by atoms with Crippen LogP contribution in [0.25, 0.3) is 0 Å². The molecule has 1 fully saturated rings. The van der Waals surface area contributed by atoms with Gasteiger partial charge in [-0.3, -0.25) is 9.59 Å². The fraction of sp³-hybridized carbons (Fsp3) is 0.333. The Morgan fingerprint density at radius 1 is 0.900 bits per heavy atom. The summed E-state index contributed by atoms with van der Waals surface area (Å²) in [5.74, 6) is -0.152. The minimum Gasteiger partial charge on any atom is -0.456 e. The smallest absolute Gasteiger partial charge is 0.307 e. The van der Waals surface area contributed by atoms with Crippen molar-refractivity contribution < 1.29 is 22.7 Å². The second kappa shape index (κ2) is 10.6. The van der Waals surface area contributed by atoms with Crippen LogP contribution in [-0.4, -0.2) is 68.0 Å². The van der Waals surface area contributed by atoms with Gasteiger partial charge in [0.25, 0.3) is 5.91 Å². The van der Waals surface area contributed by atoms with Crippen molar-refractivity contribution in [2.24, 2.45) is 0 Å². The Balaban J connectivity index is 1.38. The van der Waals surface area contributed by atoms with Crippen LogP contribution in [0.1, 0.15) is 6.42 Å². The van der Waals surface area contributed by atoms with Crippen molar-refractivity contribution in [2.45, 2.75) is 16.2 Å². The highest BCUT2D eigenvalue weighted by atomic mass is 32.2. The molecule has 0 aromatic heterocycles. The minimum atomic E-state index is -3.56. The summed E-state index contributed by atoms with van der Waals surface area (Å²) in [6.45, 7) is 0.647. The zero-order chi connectivity index (χ0) is 21.4.